The van der Waals surface area contributed by atoms with E-state index in [0.717, 1.165) is 35.5 Å². The summed E-state index contributed by atoms with van der Waals surface area (Å²) >= 11 is 0. The van der Waals surface area contributed by atoms with E-state index in [4.69, 9.17) is 9.72 Å². The van der Waals surface area contributed by atoms with Gasteiger partial charge in [0.05, 0.1) is 11.7 Å². The number of rotatable bonds is 4. The van der Waals surface area contributed by atoms with Gasteiger partial charge in [-0.3, -0.25) is 9.78 Å². The van der Waals surface area contributed by atoms with Crippen LogP contribution in [-0.2, 0) is 22.1 Å². The second-order valence-electron chi connectivity index (χ2n) is 14.5. The zero-order valence-corrected chi connectivity index (χ0v) is 26.4. The van der Waals surface area contributed by atoms with E-state index in [9.17, 15) is 9.59 Å². The molecule has 43 heavy (non-hydrogen) atoms. The lowest BCUT2D eigenvalue weighted by Gasteiger charge is -2.40. The molecule has 226 valence electrons. The number of carbonyl (C=O) groups excluding carboxylic acids is 1. The fourth-order valence-corrected chi connectivity index (χ4v) is 5.79. The molecule has 10 heteroatoms. The Morgan fingerprint density at radius 3 is 2.47 bits per heavy atom. The number of aromatic nitrogens is 5. The van der Waals surface area contributed by atoms with E-state index in [1.54, 1.807) is 17.3 Å². The van der Waals surface area contributed by atoms with Crippen LogP contribution in [0.15, 0.2) is 47.5 Å². The minimum atomic E-state index is -0.565. The number of carbonyl (C=O) groups is 1. The van der Waals surface area contributed by atoms with E-state index in [0.29, 0.717) is 30.1 Å². The van der Waals surface area contributed by atoms with Gasteiger partial charge in [-0.2, -0.15) is 4.98 Å². The summed E-state index contributed by atoms with van der Waals surface area (Å²) < 4.78 is 9.42. The Morgan fingerprint density at radius 1 is 1.05 bits per heavy atom. The highest BCUT2D eigenvalue weighted by Gasteiger charge is 2.36. The zero-order chi connectivity index (χ0) is 30.9. The largest absolute Gasteiger partial charge is 0.444 e. The van der Waals surface area contributed by atoms with Crippen LogP contribution in [0.4, 0.5) is 16.4 Å². The molecule has 1 aliphatic heterocycles. The van der Waals surface area contributed by atoms with Crippen molar-refractivity contribution in [2.24, 2.45) is 0 Å². The lowest BCUT2D eigenvalue weighted by atomic mass is 9.78. The van der Waals surface area contributed by atoms with Crippen LogP contribution in [0.1, 0.15) is 91.1 Å². The minimum absolute atomic E-state index is 0.0867. The molecule has 0 spiro atoms. The number of ether oxygens (including phenoxy) is 1. The smallest absolute Gasteiger partial charge is 0.410 e. The molecule has 1 N–H and O–H groups in total. The van der Waals surface area contributed by atoms with Crippen molar-refractivity contribution < 1.29 is 9.53 Å². The molecule has 1 saturated carbocycles. The highest BCUT2D eigenvalue weighted by molar-refractivity contribution is 5.77. The summed E-state index contributed by atoms with van der Waals surface area (Å²) in [5, 5.41) is 3.83. The predicted molar refractivity (Wildman–Crippen MR) is 167 cm³/mol. The second-order valence-corrected chi connectivity index (χ2v) is 14.5. The van der Waals surface area contributed by atoms with Gasteiger partial charge in [0.15, 0.2) is 5.65 Å². The summed E-state index contributed by atoms with van der Waals surface area (Å²) in [7, 11) is 0. The van der Waals surface area contributed by atoms with Crippen LogP contribution in [0, 0.1) is 0 Å². The molecule has 10 nitrogen and oxygen atoms in total. The van der Waals surface area contributed by atoms with Gasteiger partial charge < -0.3 is 15.0 Å². The Bertz CT molecular complexity index is 1780. The lowest BCUT2D eigenvalue weighted by molar-refractivity contribution is 0.0174. The summed E-state index contributed by atoms with van der Waals surface area (Å²) in [6, 6.07) is 10.3. The lowest BCUT2D eigenvalue weighted by Crippen LogP contribution is -2.46. The molecule has 1 fully saturated rings. The number of anilines is 2. The monoisotopic (exact) mass is 583 g/mol. The van der Waals surface area contributed by atoms with Crippen LogP contribution in [0.2, 0.25) is 0 Å². The Hall–Kier alpha value is -4.21. The number of fused-ring (bicyclic) bond motifs is 2. The maximum absolute atomic E-state index is 13.5. The molecule has 1 amide bonds. The summed E-state index contributed by atoms with van der Waals surface area (Å²) in [4.78, 5) is 42.2. The Kier molecular flexibility index (Phi) is 6.67. The number of nitrogens with zero attached hydrogens (tertiary/aromatic N) is 6. The highest BCUT2D eigenvalue weighted by atomic mass is 16.6. The summed E-state index contributed by atoms with van der Waals surface area (Å²) in [5.74, 6) is 0.387. The van der Waals surface area contributed by atoms with E-state index in [1.165, 1.54) is 5.56 Å². The number of hydrogen-bond acceptors (Lipinski definition) is 7. The summed E-state index contributed by atoms with van der Waals surface area (Å²) in [5.41, 5.74) is 4.33. The van der Waals surface area contributed by atoms with Gasteiger partial charge in [0.2, 0.25) is 5.95 Å². The first kappa shape index (κ1) is 28.9. The van der Waals surface area contributed by atoms with Crippen molar-refractivity contribution in [3.8, 4) is 5.69 Å². The van der Waals surface area contributed by atoms with Crippen molar-refractivity contribution in [1.29, 1.82) is 0 Å². The van der Waals surface area contributed by atoms with E-state index < -0.39 is 5.60 Å². The van der Waals surface area contributed by atoms with Crippen LogP contribution in [-0.4, -0.2) is 47.5 Å². The van der Waals surface area contributed by atoms with Gasteiger partial charge in [0.25, 0.3) is 5.56 Å². The Morgan fingerprint density at radius 2 is 1.79 bits per heavy atom. The number of nitrogens with one attached hydrogen (secondary N) is 1. The fraction of sp³-hybridized carbons (Fsp3) is 0.485. The van der Waals surface area contributed by atoms with Crippen LogP contribution in [0.5, 0.6) is 0 Å². The van der Waals surface area contributed by atoms with Crippen molar-refractivity contribution in [3.63, 3.8) is 0 Å². The van der Waals surface area contributed by atoms with Crippen LogP contribution in [0.25, 0.3) is 16.7 Å². The molecule has 0 saturated heterocycles. The third-order valence-corrected chi connectivity index (χ3v) is 7.96. The van der Waals surface area contributed by atoms with Gasteiger partial charge in [-0.1, -0.05) is 40.7 Å². The van der Waals surface area contributed by atoms with Crippen molar-refractivity contribution >= 4 is 28.8 Å². The minimum Gasteiger partial charge on any atom is -0.444 e. The molecule has 4 heterocycles. The van der Waals surface area contributed by atoms with Crippen molar-refractivity contribution in [1.82, 2.24) is 29.2 Å². The Labute approximate surface area is 252 Å². The molecule has 0 unspecified atom stereocenters. The SMILES string of the molecule is CC(C)(C)OC(=O)N1Cc2cc(Nc3ncc4c(=O)n(C5CC5)n(-c5ccnc(C(C)(C)C)c5)c4n3)ccc2C(C)(C)C1. The first-order valence-electron chi connectivity index (χ1n) is 15.0. The number of hydrogen-bond donors (Lipinski definition) is 1. The van der Waals surface area contributed by atoms with Gasteiger partial charge in [-0.25, -0.2) is 19.1 Å². The van der Waals surface area contributed by atoms with Crippen molar-refractivity contribution in [2.45, 2.75) is 97.2 Å². The zero-order valence-electron chi connectivity index (χ0n) is 26.4. The molecule has 6 rings (SSSR count). The van der Waals surface area contributed by atoms with Crippen molar-refractivity contribution in [2.75, 3.05) is 11.9 Å². The predicted octanol–water partition coefficient (Wildman–Crippen LogP) is 6.38. The van der Waals surface area contributed by atoms with Crippen molar-refractivity contribution in [3.05, 3.63) is 69.9 Å². The molecular weight excluding hydrogens is 542 g/mol. The average Bonchev–Trinajstić information content (AvgIpc) is 3.70. The molecule has 0 radical (unpaired) electrons. The van der Waals surface area contributed by atoms with Gasteiger partial charge in [0, 0.05) is 47.7 Å². The fourth-order valence-electron chi connectivity index (χ4n) is 5.79. The first-order valence-corrected chi connectivity index (χ1v) is 15.0. The molecule has 0 bridgehead atoms. The van der Waals surface area contributed by atoms with E-state index in [1.807, 2.05) is 54.4 Å². The molecule has 4 aromatic rings. The summed E-state index contributed by atoms with van der Waals surface area (Å²) in [6.45, 7) is 17.3. The highest BCUT2D eigenvalue weighted by Crippen LogP contribution is 2.37. The van der Waals surface area contributed by atoms with Crippen LogP contribution >= 0.6 is 0 Å². The average molecular weight is 584 g/mol. The third kappa shape index (κ3) is 5.62. The molecule has 2 aliphatic rings. The number of amides is 1. The second kappa shape index (κ2) is 9.92. The van der Waals surface area contributed by atoms with Gasteiger partial charge in [0.1, 0.15) is 11.0 Å². The molecule has 0 atom stereocenters. The van der Waals surface area contributed by atoms with Crippen LogP contribution in [0.3, 0.4) is 0 Å². The van der Waals surface area contributed by atoms with Crippen LogP contribution < -0.4 is 10.9 Å². The van der Waals surface area contributed by atoms with Gasteiger partial charge >= 0.3 is 6.09 Å². The number of benzene rings is 1. The molecule has 1 aliphatic carbocycles. The molecular formula is C33H41N7O3. The third-order valence-electron chi connectivity index (χ3n) is 7.96. The van der Waals surface area contributed by atoms with E-state index in [-0.39, 0.29) is 28.5 Å². The topological polar surface area (TPSA) is 107 Å². The van der Waals surface area contributed by atoms with Gasteiger partial charge in [-0.05, 0) is 69.0 Å². The molecule has 3 aromatic heterocycles. The first-order chi connectivity index (χ1) is 20.1. The summed E-state index contributed by atoms with van der Waals surface area (Å²) in [6.07, 6.45) is 5.00. The van der Waals surface area contributed by atoms with Gasteiger partial charge in [-0.15, -0.1) is 0 Å². The molecule has 1 aromatic carbocycles. The normalized spacial score (nSPS) is 16.7. The number of pyridine rings is 1. The Balaban J connectivity index is 1.37. The van der Waals surface area contributed by atoms with E-state index >= 15 is 0 Å². The quantitative estimate of drug-likeness (QED) is 0.297. The maximum Gasteiger partial charge on any atom is 0.410 e. The van der Waals surface area contributed by atoms with E-state index in [2.05, 4.69) is 56.0 Å². The maximum atomic E-state index is 13.5. The standard InChI is InChI=1S/C33H41N7O3/c1-31(2,3)26-16-23(13-14-34-26)39-27-24(28(41)40(39)22-10-11-22)17-35-29(37-27)36-21-9-12-25-20(15-21)18-38(19-33(25,7)8)30(42)43-32(4,5)6/h9,12-17,22H,10-11,18-19H2,1-8H3,(H,35,36,37).